The molecule has 0 fully saturated rings. The van der Waals surface area contributed by atoms with Crippen LogP contribution in [0.25, 0.3) is 0 Å². The van der Waals surface area contributed by atoms with E-state index in [4.69, 9.17) is 10.5 Å². The molecule has 0 saturated carbocycles. The van der Waals surface area contributed by atoms with E-state index in [0.717, 1.165) is 0 Å². The number of rotatable bonds is 6. The standard InChI is InChI=1S/C14H18FNO3/c1-3-13(18)19-12-6-4-11(5-7-12)8-14(16,9-15)10(2)17/h4-7H,3,8-9,16H2,1-2H3/t14-/m1/s1. The Balaban J connectivity index is 2.77. The van der Waals surface area contributed by atoms with Crippen molar-refractivity contribution in [1.29, 1.82) is 0 Å². The Bertz CT molecular complexity index is 458. The van der Waals surface area contributed by atoms with Crippen molar-refractivity contribution in [2.75, 3.05) is 6.67 Å². The minimum Gasteiger partial charge on any atom is -0.427 e. The second-order valence-corrected chi connectivity index (χ2v) is 4.49. The number of benzene rings is 1. The van der Waals surface area contributed by atoms with Crippen LogP contribution < -0.4 is 10.5 Å². The maximum Gasteiger partial charge on any atom is 0.310 e. The van der Waals surface area contributed by atoms with Crippen molar-refractivity contribution < 1.29 is 18.7 Å². The summed E-state index contributed by atoms with van der Waals surface area (Å²) in [6.07, 6.45) is 0.403. The maximum atomic E-state index is 12.9. The molecule has 1 aromatic carbocycles. The van der Waals surface area contributed by atoms with Crippen molar-refractivity contribution in [2.45, 2.75) is 32.2 Å². The summed E-state index contributed by atoms with van der Waals surface area (Å²) >= 11 is 0. The van der Waals surface area contributed by atoms with Crippen molar-refractivity contribution in [3.63, 3.8) is 0 Å². The van der Waals surface area contributed by atoms with Crippen molar-refractivity contribution in [3.05, 3.63) is 29.8 Å². The molecular formula is C14H18FNO3. The zero-order valence-corrected chi connectivity index (χ0v) is 11.1. The Labute approximate surface area is 111 Å². The number of carbonyl (C=O) groups excluding carboxylic acids is 2. The average molecular weight is 267 g/mol. The minimum absolute atomic E-state index is 0.112. The van der Waals surface area contributed by atoms with Crippen molar-refractivity contribution in [1.82, 2.24) is 0 Å². The molecule has 5 heteroatoms. The summed E-state index contributed by atoms with van der Waals surface area (Å²) in [5.41, 5.74) is 4.93. The van der Waals surface area contributed by atoms with E-state index in [-0.39, 0.29) is 12.4 Å². The highest BCUT2D eigenvalue weighted by atomic mass is 19.1. The van der Waals surface area contributed by atoms with E-state index >= 15 is 0 Å². The summed E-state index contributed by atoms with van der Waals surface area (Å²) in [5, 5.41) is 0. The molecule has 104 valence electrons. The molecule has 0 bridgehead atoms. The van der Waals surface area contributed by atoms with E-state index in [1.165, 1.54) is 6.92 Å². The largest absolute Gasteiger partial charge is 0.427 e. The molecule has 1 aromatic rings. The van der Waals surface area contributed by atoms with Gasteiger partial charge in [-0.05, 0) is 24.6 Å². The number of Topliss-reactive ketones (excluding diaryl/α,β-unsaturated/α-hetero) is 1. The third kappa shape index (κ3) is 4.13. The Kier molecular flexibility index (Phi) is 5.18. The molecule has 0 aromatic heterocycles. The van der Waals surface area contributed by atoms with Crippen molar-refractivity contribution in [2.24, 2.45) is 5.73 Å². The third-order valence-corrected chi connectivity index (χ3v) is 2.90. The molecule has 0 heterocycles. The number of hydrogen-bond acceptors (Lipinski definition) is 4. The topological polar surface area (TPSA) is 69.4 Å². The normalized spacial score (nSPS) is 13.7. The lowest BCUT2D eigenvalue weighted by molar-refractivity contribution is -0.134. The SMILES string of the molecule is CCC(=O)Oc1ccc(C[C@@](N)(CF)C(C)=O)cc1. The zero-order valence-electron chi connectivity index (χ0n) is 11.1. The predicted molar refractivity (Wildman–Crippen MR) is 69.6 cm³/mol. The number of ketones is 1. The highest BCUT2D eigenvalue weighted by molar-refractivity contribution is 5.86. The first kappa shape index (κ1) is 15.3. The smallest absolute Gasteiger partial charge is 0.310 e. The monoisotopic (exact) mass is 267 g/mol. The number of hydrogen-bond donors (Lipinski definition) is 1. The van der Waals surface area contributed by atoms with Gasteiger partial charge in [0, 0.05) is 12.8 Å². The van der Waals surface area contributed by atoms with Crippen LogP contribution in [0, 0.1) is 0 Å². The molecule has 0 aliphatic rings. The number of alkyl halides is 1. The fourth-order valence-electron chi connectivity index (χ4n) is 1.51. The maximum absolute atomic E-state index is 12.9. The molecule has 0 radical (unpaired) electrons. The fourth-order valence-corrected chi connectivity index (χ4v) is 1.51. The number of carbonyl (C=O) groups is 2. The van der Waals surface area contributed by atoms with Crippen LogP contribution in [0.4, 0.5) is 4.39 Å². The molecule has 0 saturated heterocycles. The Morgan fingerprint density at radius 3 is 2.32 bits per heavy atom. The number of esters is 1. The average Bonchev–Trinajstić information content (AvgIpc) is 2.40. The van der Waals surface area contributed by atoms with Gasteiger partial charge in [-0.3, -0.25) is 9.59 Å². The van der Waals surface area contributed by atoms with Gasteiger partial charge < -0.3 is 10.5 Å². The van der Waals surface area contributed by atoms with Crippen LogP contribution in [0.1, 0.15) is 25.8 Å². The third-order valence-electron chi connectivity index (χ3n) is 2.90. The second kappa shape index (κ2) is 6.43. The Morgan fingerprint density at radius 1 is 1.32 bits per heavy atom. The van der Waals surface area contributed by atoms with Crippen LogP contribution in [-0.4, -0.2) is 24.0 Å². The molecular weight excluding hydrogens is 249 g/mol. The quantitative estimate of drug-likeness (QED) is 0.630. The van der Waals surface area contributed by atoms with Gasteiger partial charge in [-0.2, -0.15) is 0 Å². The first-order valence-corrected chi connectivity index (χ1v) is 6.07. The van der Waals surface area contributed by atoms with Gasteiger partial charge in [0.2, 0.25) is 0 Å². The van der Waals surface area contributed by atoms with Gasteiger partial charge in [0.25, 0.3) is 0 Å². The van der Waals surface area contributed by atoms with E-state index in [0.29, 0.717) is 17.7 Å². The van der Waals surface area contributed by atoms with Crippen LogP contribution in [0.5, 0.6) is 5.75 Å². The zero-order chi connectivity index (χ0) is 14.5. The Hall–Kier alpha value is -1.75. The summed E-state index contributed by atoms with van der Waals surface area (Å²) in [6, 6.07) is 6.53. The summed E-state index contributed by atoms with van der Waals surface area (Å²) in [6.45, 7) is 2.07. The molecule has 1 atom stereocenters. The molecule has 1 rings (SSSR count). The summed E-state index contributed by atoms with van der Waals surface area (Å²) in [7, 11) is 0. The van der Waals surface area contributed by atoms with Gasteiger partial charge in [-0.1, -0.05) is 19.1 Å². The highest BCUT2D eigenvalue weighted by Gasteiger charge is 2.30. The molecule has 19 heavy (non-hydrogen) atoms. The molecule has 0 unspecified atom stereocenters. The highest BCUT2D eigenvalue weighted by Crippen LogP contribution is 2.17. The van der Waals surface area contributed by atoms with E-state index in [9.17, 15) is 14.0 Å². The van der Waals surface area contributed by atoms with E-state index in [1.54, 1.807) is 31.2 Å². The van der Waals surface area contributed by atoms with E-state index < -0.39 is 18.0 Å². The molecule has 0 aliphatic heterocycles. The van der Waals surface area contributed by atoms with Crippen LogP contribution in [0.3, 0.4) is 0 Å². The molecule has 2 N–H and O–H groups in total. The van der Waals surface area contributed by atoms with E-state index in [2.05, 4.69) is 0 Å². The summed E-state index contributed by atoms with van der Waals surface area (Å²) in [4.78, 5) is 22.4. The minimum atomic E-state index is -1.48. The predicted octanol–water partition coefficient (Wildman–Crippen LogP) is 1.80. The van der Waals surface area contributed by atoms with Crippen LogP contribution in [0.2, 0.25) is 0 Å². The van der Waals surface area contributed by atoms with Gasteiger partial charge in [-0.15, -0.1) is 0 Å². The number of halogens is 1. The summed E-state index contributed by atoms with van der Waals surface area (Å²) < 4.78 is 17.9. The van der Waals surface area contributed by atoms with Gasteiger partial charge in [0.15, 0.2) is 5.78 Å². The lowest BCUT2D eigenvalue weighted by Gasteiger charge is -2.22. The first-order valence-electron chi connectivity index (χ1n) is 6.07. The van der Waals surface area contributed by atoms with Gasteiger partial charge in [-0.25, -0.2) is 4.39 Å². The van der Waals surface area contributed by atoms with Gasteiger partial charge in [0.1, 0.15) is 18.0 Å². The van der Waals surface area contributed by atoms with Crippen LogP contribution >= 0.6 is 0 Å². The summed E-state index contributed by atoms with van der Waals surface area (Å²) in [5.74, 6) is -0.300. The fraction of sp³-hybridized carbons (Fsp3) is 0.429. The Morgan fingerprint density at radius 2 is 1.89 bits per heavy atom. The molecule has 4 nitrogen and oxygen atoms in total. The van der Waals surface area contributed by atoms with Gasteiger partial charge in [0.05, 0.1) is 0 Å². The first-order chi connectivity index (χ1) is 8.91. The van der Waals surface area contributed by atoms with Crippen LogP contribution in [0.15, 0.2) is 24.3 Å². The van der Waals surface area contributed by atoms with Crippen LogP contribution in [-0.2, 0) is 16.0 Å². The molecule has 0 spiro atoms. The second-order valence-electron chi connectivity index (χ2n) is 4.49. The van der Waals surface area contributed by atoms with E-state index in [1.807, 2.05) is 0 Å². The van der Waals surface area contributed by atoms with Gasteiger partial charge >= 0.3 is 5.97 Å². The molecule has 0 amide bonds. The number of ether oxygens (including phenoxy) is 1. The van der Waals surface area contributed by atoms with Crippen molar-refractivity contribution in [3.8, 4) is 5.75 Å². The lowest BCUT2D eigenvalue weighted by atomic mass is 9.89. The van der Waals surface area contributed by atoms with Crippen molar-refractivity contribution >= 4 is 11.8 Å². The number of nitrogens with two attached hydrogens (primary N) is 1. The lowest BCUT2D eigenvalue weighted by Crippen LogP contribution is -2.50. The molecule has 0 aliphatic carbocycles.